The molecule has 0 spiro atoms. The minimum absolute atomic E-state index is 0.0557. The second-order valence-electron chi connectivity index (χ2n) is 6.00. The smallest absolute Gasteiger partial charge is 0.344 e. The van der Waals surface area contributed by atoms with Gasteiger partial charge >= 0.3 is 5.97 Å². The van der Waals surface area contributed by atoms with Gasteiger partial charge in [0, 0.05) is 11.3 Å². The van der Waals surface area contributed by atoms with E-state index < -0.39 is 18.0 Å². The van der Waals surface area contributed by atoms with E-state index in [-0.39, 0.29) is 12.4 Å². The van der Waals surface area contributed by atoms with Gasteiger partial charge < -0.3 is 14.8 Å². The summed E-state index contributed by atoms with van der Waals surface area (Å²) in [6.45, 7) is 4.67. The van der Waals surface area contributed by atoms with Crippen LogP contribution in [-0.4, -0.2) is 30.4 Å². The Kier molecular flexibility index (Phi) is 7.11. The van der Waals surface area contributed by atoms with Crippen LogP contribution in [0.25, 0.3) is 0 Å². The number of hydrogen-bond donors (Lipinski definition) is 1. The van der Waals surface area contributed by atoms with E-state index in [1.54, 1.807) is 30.3 Å². The number of carbonyl (C=O) groups is 3. The summed E-state index contributed by atoms with van der Waals surface area (Å²) in [7, 11) is 0. The zero-order chi connectivity index (χ0) is 19.8. The van der Waals surface area contributed by atoms with Gasteiger partial charge in [-0.15, -0.1) is 0 Å². The van der Waals surface area contributed by atoms with Crippen molar-refractivity contribution in [2.24, 2.45) is 0 Å². The normalized spacial score (nSPS) is 11.4. The molecular weight excluding hydrogens is 346 g/mol. The maximum absolute atomic E-state index is 12.1. The topological polar surface area (TPSA) is 81.7 Å². The van der Waals surface area contributed by atoms with Crippen LogP contribution in [-0.2, 0) is 20.7 Å². The Morgan fingerprint density at radius 2 is 1.70 bits per heavy atom. The van der Waals surface area contributed by atoms with Gasteiger partial charge in [0.1, 0.15) is 5.75 Å². The van der Waals surface area contributed by atoms with E-state index in [0.29, 0.717) is 17.0 Å². The maximum Gasteiger partial charge on any atom is 0.344 e. The number of Topliss-reactive ketones (excluding diaryl/α,β-unsaturated/α-hetero) is 1. The molecule has 6 nitrogen and oxygen atoms in total. The molecule has 0 aliphatic rings. The average molecular weight is 369 g/mol. The highest BCUT2D eigenvalue weighted by Gasteiger charge is 2.18. The van der Waals surface area contributed by atoms with Crippen LogP contribution in [0.5, 0.6) is 5.75 Å². The fourth-order valence-electron chi connectivity index (χ4n) is 2.39. The number of carbonyl (C=O) groups excluding carboxylic acids is 3. The average Bonchev–Trinajstić information content (AvgIpc) is 2.66. The number of para-hydroxylation sites is 1. The second kappa shape index (κ2) is 9.52. The van der Waals surface area contributed by atoms with Gasteiger partial charge in [0.25, 0.3) is 5.91 Å². The van der Waals surface area contributed by atoms with E-state index in [0.717, 1.165) is 12.0 Å². The minimum Gasteiger partial charge on any atom is -0.482 e. The van der Waals surface area contributed by atoms with Crippen molar-refractivity contribution in [1.82, 2.24) is 0 Å². The fourth-order valence-corrected chi connectivity index (χ4v) is 2.39. The zero-order valence-corrected chi connectivity index (χ0v) is 15.7. The van der Waals surface area contributed by atoms with Crippen LogP contribution in [0.2, 0.25) is 0 Å². The molecule has 1 amide bonds. The molecule has 0 aliphatic carbocycles. The van der Waals surface area contributed by atoms with Crippen molar-refractivity contribution in [1.29, 1.82) is 0 Å². The van der Waals surface area contributed by atoms with E-state index in [2.05, 4.69) is 5.32 Å². The van der Waals surface area contributed by atoms with Gasteiger partial charge in [-0.05, 0) is 56.2 Å². The van der Waals surface area contributed by atoms with E-state index in [9.17, 15) is 14.4 Å². The molecule has 0 aliphatic heterocycles. The Hall–Kier alpha value is -3.15. The van der Waals surface area contributed by atoms with Crippen molar-refractivity contribution in [2.75, 3.05) is 11.9 Å². The van der Waals surface area contributed by atoms with Crippen LogP contribution in [0.3, 0.4) is 0 Å². The fraction of sp³-hybridized carbons (Fsp3) is 0.286. The number of esters is 1. The van der Waals surface area contributed by atoms with E-state index in [1.165, 1.54) is 13.8 Å². The van der Waals surface area contributed by atoms with E-state index in [4.69, 9.17) is 9.47 Å². The third-order valence-corrected chi connectivity index (χ3v) is 3.94. The summed E-state index contributed by atoms with van der Waals surface area (Å²) in [5.74, 6) is -0.525. The van der Waals surface area contributed by atoms with E-state index in [1.807, 2.05) is 25.1 Å². The molecule has 2 aromatic rings. The highest BCUT2D eigenvalue weighted by molar-refractivity contribution is 5.97. The molecule has 142 valence electrons. The number of ether oxygens (including phenoxy) is 2. The maximum atomic E-state index is 12.1. The highest BCUT2D eigenvalue weighted by Crippen LogP contribution is 2.18. The Balaban J connectivity index is 1.84. The van der Waals surface area contributed by atoms with Crippen LogP contribution >= 0.6 is 0 Å². The van der Waals surface area contributed by atoms with Crippen LogP contribution in [0.1, 0.15) is 36.7 Å². The first-order valence-electron chi connectivity index (χ1n) is 8.72. The lowest BCUT2D eigenvalue weighted by Gasteiger charge is -2.15. The first-order valence-corrected chi connectivity index (χ1v) is 8.72. The summed E-state index contributed by atoms with van der Waals surface area (Å²) in [6.07, 6.45) is -0.193. The van der Waals surface area contributed by atoms with E-state index >= 15 is 0 Å². The Bertz CT molecular complexity index is 814. The Morgan fingerprint density at radius 3 is 2.33 bits per heavy atom. The largest absolute Gasteiger partial charge is 0.482 e. The molecular formula is C21H23NO5. The lowest BCUT2D eigenvalue weighted by Crippen LogP contribution is -2.31. The van der Waals surface area contributed by atoms with Gasteiger partial charge in [0.15, 0.2) is 18.5 Å². The van der Waals surface area contributed by atoms with Crippen molar-refractivity contribution in [3.05, 3.63) is 59.7 Å². The van der Waals surface area contributed by atoms with Crippen molar-refractivity contribution >= 4 is 23.3 Å². The van der Waals surface area contributed by atoms with Crippen LogP contribution < -0.4 is 10.1 Å². The molecule has 0 saturated heterocycles. The first kappa shape index (κ1) is 20.2. The molecule has 2 rings (SSSR count). The SMILES string of the molecule is CCc1ccccc1OCC(=O)O[C@@H](C)C(=O)Nc1ccc(C(C)=O)cc1. The molecule has 0 fully saturated rings. The molecule has 1 N–H and O–H groups in total. The Labute approximate surface area is 158 Å². The highest BCUT2D eigenvalue weighted by atomic mass is 16.6. The summed E-state index contributed by atoms with van der Waals surface area (Å²) >= 11 is 0. The molecule has 0 unspecified atom stereocenters. The zero-order valence-electron chi connectivity index (χ0n) is 15.7. The molecule has 6 heteroatoms. The molecule has 1 atom stereocenters. The standard InChI is InChI=1S/C21H23NO5/c1-4-16-7-5-6-8-19(16)26-13-20(24)27-15(3)21(25)22-18-11-9-17(10-12-18)14(2)23/h5-12,15H,4,13H2,1-3H3,(H,22,25)/t15-/m0/s1. The number of amides is 1. The number of anilines is 1. The van der Waals surface area contributed by atoms with Crippen molar-refractivity contribution < 1.29 is 23.9 Å². The monoisotopic (exact) mass is 369 g/mol. The molecule has 0 aromatic heterocycles. The van der Waals surface area contributed by atoms with Crippen molar-refractivity contribution in [2.45, 2.75) is 33.3 Å². The van der Waals surface area contributed by atoms with Gasteiger partial charge in [-0.25, -0.2) is 4.79 Å². The number of nitrogens with one attached hydrogen (secondary N) is 1. The van der Waals surface area contributed by atoms with Gasteiger partial charge in [-0.2, -0.15) is 0 Å². The lowest BCUT2D eigenvalue weighted by molar-refractivity contribution is -0.155. The second-order valence-corrected chi connectivity index (χ2v) is 6.00. The number of rotatable bonds is 8. The molecule has 0 saturated carbocycles. The summed E-state index contributed by atoms with van der Waals surface area (Å²) in [6, 6.07) is 13.9. The predicted molar refractivity (Wildman–Crippen MR) is 102 cm³/mol. The number of benzene rings is 2. The summed E-state index contributed by atoms with van der Waals surface area (Å²) in [5.41, 5.74) is 2.06. The van der Waals surface area contributed by atoms with Gasteiger partial charge in [-0.3, -0.25) is 9.59 Å². The number of hydrogen-bond acceptors (Lipinski definition) is 5. The summed E-state index contributed by atoms with van der Waals surface area (Å²) in [4.78, 5) is 35.3. The van der Waals surface area contributed by atoms with Gasteiger partial charge in [0.05, 0.1) is 0 Å². The third kappa shape index (κ3) is 5.95. The third-order valence-electron chi connectivity index (χ3n) is 3.94. The molecule has 27 heavy (non-hydrogen) atoms. The molecule has 2 aromatic carbocycles. The summed E-state index contributed by atoms with van der Waals surface area (Å²) in [5, 5.41) is 2.64. The predicted octanol–water partition coefficient (Wildman–Crippen LogP) is 3.40. The quantitative estimate of drug-likeness (QED) is 0.570. The Morgan fingerprint density at radius 1 is 1.04 bits per heavy atom. The number of ketones is 1. The molecule has 0 heterocycles. The van der Waals surface area contributed by atoms with Gasteiger partial charge in [0.2, 0.25) is 0 Å². The van der Waals surface area contributed by atoms with Gasteiger partial charge in [-0.1, -0.05) is 25.1 Å². The van der Waals surface area contributed by atoms with Crippen molar-refractivity contribution in [3.8, 4) is 5.75 Å². The molecule has 0 radical (unpaired) electrons. The van der Waals surface area contributed by atoms with Crippen LogP contribution in [0.15, 0.2) is 48.5 Å². The number of aryl methyl sites for hydroxylation is 1. The first-order chi connectivity index (χ1) is 12.9. The van der Waals surface area contributed by atoms with Crippen molar-refractivity contribution in [3.63, 3.8) is 0 Å². The summed E-state index contributed by atoms with van der Waals surface area (Å²) < 4.78 is 10.6. The van der Waals surface area contributed by atoms with Crippen LogP contribution in [0, 0.1) is 0 Å². The lowest BCUT2D eigenvalue weighted by atomic mass is 10.1. The molecule has 0 bridgehead atoms. The van der Waals surface area contributed by atoms with Crippen LogP contribution in [0.4, 0.5) is 5.69 Å². The minimum atomic E-state index is -0.977.